The molecule has 168 valence electrons. The molecule has 0 aliphatic heterocycles. The number of hydrogen-bond donors (Lipinski definition) is 0. The third-order valence-corrected chi connectivity index (χ3v) is 6.54. The molecule has 0 radical (unpaired) electrons. The number of hydrogen-bond acceptors (Lipinski definition) is 6. The van der Waals surface area contributed by atoms with E-state index in [1.807, 2.05) is 53.3 Å². The Bertz CT molecular complexity index is 1360. The first-order valence-corrected chi connectivity index (χ1v) is 12.4. The summed E-state index contributed by atoms with van der Waals surface area (Å²) in [5.41, 5.74) is 1.76. The molecule has 4 aromatic rings. The van der Waals surface area contributed by atoms with Crippen LogP contribution in [-0.4, -0.2) is 35.6 Å². The van der Waals surface area contributed by atoms with E-state index in [-0.39, 0.29) is 5.91 Å². The molecule has 1 amide bonds. The summed E-state index contributed by atoms with van der Waals surface area (Å²) in [5.74, 6) is 1.16. The van der Waals surface area contributed by atoms with Gasteiger partial charge in [-0.3, -0.25) is 4.79 Å². The molecule has 8 heteroatoms. The second-order valence-electron chi connectivity index (χ2n) is 7.03. The number of amides is 1. The highest BCUT2D eigenvalue weighted by Gasteiger charge is 2.15. The van der Waals surface area contributed by atoms with Crippen LogP contribution in [0.1, 0.15) is 20.7 Å². The van der Waals surface area contributed by atoms with E-state index in [4.69, 9.17) is 9.47 Å². The van der Waals surface area contributed by atoms with E-state index in [2.05, 4.69) is 4.99 Å². The van der Waals surface area contributed by atoms with Gasteiger partial charge in [-0.15, -0.1) is 0 Å². The van der Waals surface area contributed by atoms with Crippen molar-refractivity contribution in [2.75, 3.05) is 19.1 Å². The summed E-state index contributed by atoms with van der Waals surface area (Å²) in [5, 5.41) is 0. The number of aromatic nitrogens is 1. The van der Waals surface area contributed by atoms with Gasteiger partial charge in [-0.05, 0) is 48.7 Å². The summed E-state index contributed by atoms with van der Waals surface area (Å²) in [6.07, 6.45) is 2.03. The lowest BCUT2D eigenvalue weighted by Crippen LogP contribution is -2.18. The highest BCUT2D eigenvalue weighted by atomic mass is 32.2. The number of benzene rings is 3. The van der Waals surface area contributed by atoms with E-state index >= 15 is 0 Å². The predicted molar refractivity (Wildman–Crippen MR) is 132 cm³/mol. The molecule has 1 heterocycles. The largest absolute Gasteiger partial charge is 0.465 e. The molecule has 1 aromatic heterocycles. The van der Waals surface area contributed by atoms with E-state index in [1.54, 1.807) is 42.1 Å². The van der Waals surface area contributed by atoms with Crippen molar-refractivity contribution in [3.63, 3.8) is 0 Å². The van der Waals surface area contributed by atoms with Crippen LogP contribution in [-0.2, 0) is 11.3 Å². The lowest BCUT2D eigenvalue weighted by molar-refractivity contribution is 0.0600. The molecular formula is C25H22N2O4S2. The Morgan fingerprint density at radius 1 is 1.03 bits per heavy atom. The number of fused-ring (bicyclic) bond motifs is 1. The van der Waals surface area contributed by atoms with Crippen LogP contribution in [0.4, 0.5) is 0 Å². The Labute approximate surface area is 199 Å². The van der Waals surface area contributed by atoms with Gasteiger partial charge < -0.3 is 14.0 Å². The molecule has 6 nitrogen and oxygen atoms in total. The lowest BCUT2D eigenvalue weighted by Gasteiger charge is -2.09. The Morgan fingerprint density at radius 3 is 2.55 bits per heavy atom. The summed E-state index contributed by atoms with van der Waals surface area (Å²) >= 11 is 3.08. The maximum atomic E-state index is 13.2. The second-order valence-corrected chi connectivity index (χ2v) is 9.03. The van der Waals surface area contributed by atoms with Crippen molar-refractivity contribution < 1.29 is 19.1 Å². The van der Waals surface area contributed by atoms with Crippen molar-refractivity contribution in [1.29, 1.82) is 0 Å². The average molecular weight is 479 g/mol. The number of methoxy groups -OCH3 is 1. The van der Waals surface area contributed by atoms with E-state index in [1.165, 1.54) is 18.4 Å². The van der Waals surface area contributed by atoms with Crippen LogP contribution in [0.15, 0.2) is 77.8 Å². The minimum absolute atomic E-state index is 0.380. The van der Waals surface area contributed by atoms with Gasteiger partial charge in [0.2, 0.25) is 0 Å². The SMILES string of the molecule is COC(=O)c1ccc2c(c1)sc(=NC(=O)c1ccccc1Oc1ccccc1)n2CCSC. The van der Waals surface area contributed by atoms with Crippen LogP contribution >= 0.6 is 23.1 Å². The number of carbonyl (C=O) groups excluding carboxylic acids is 2. The van der Waals surface area contributed by atoms with E-state index < -0.39 is 5.97 Å². The first-order chi connectivity index (χ1) is 16.1. The van der Waals surface area contributed by atoms with Crippen molar-refractivity contribution in [2.24, 2.45) is 4.99 Å². The Morgan fingerprint density at radius 2 is 1.79 bits per heavy atom. The molecule has 4 rings (SSSR count). The molecule has 0 saturated heterocycles. The molecule has 0 saturated carbocycles. The third kappa shape index (κ3) is 5.18. The maximum absolute atomic E-state index is 13.2. The minimum Gasteiger partial charge on any atom is -0.465 e. The zero-order valence-electron chi connectivity index (χ0n) is 18.2. The van der Waals surface area contributed by atoms with E-state index in [0.29, 0.717) is 34.0 Å². The van der Waals surface area contributed by atoms with Gasteiger partial charge in [0, 0.05) is 12.3 Å². The van der Waals surface area contributed by atoms with Gasteiger partial charge in [0.1, 0.15) is 11.5 Å². The summed E-state index contributed by atoms with van der Waals surface area (Å²) in [6.45, 7) is 0.688. The quantitative estimate of drug-likeness (QED) is 0.333. The Kier molecular flexibility index (Phi) is 7.26. The number of thiazole rings is 1. The maximum Gasteiger partial charge on any atom is 0.337 e. The number of para-hydroxylation sites is 2. The number of carbonyl (C=O) groups is 2. The molecule has 0 spiro atoms. The number of ether oxygens (including phenoxy) is 2. The number of aryl methyl sites for hydroxylation is 1. The van der Waals surface area contributed by atoms with Crippen molar-refractivity contribution in [3.8, 4) is 11.5 Å². The number of esters is 1. The average Bonchev–Trinajstić information content (AvgIpc) is 3.19. The Hall–Kier alpha value is -3.36. The van der Waals surface area contributed by atoms with Crippen molar-refractivity contribution >= 4 is 45.2 Å². The van der Waals surface area contributed by atoms with E-state index in [9.17, 15) is 9.59 Å². The molecule has 0 aliphatic carbocycles. The van der Waals surface area contributed by atoms with Gasteiger partial charge in [0.25, 0.3) is 5.91 Å². The molecule has 0 bridgehead atoms. The summed E-state index contributed by atoms with van der Waals surface area (Å²) in [4.78, 5) is 30.2. The van der Waals surface area contributed by atoms with Crippen LogP contribution in [0, 0.1) is 0 Å². The highest BCUT2D eigenvalue weighted by Crippen LogP contribution is 2.26. The monoisotopic (exact) mass is 478 g/mol. The van der Waals surface area contributed by atoms with Gasteiger partial charge in [0.15, 0.2) is 4.80 Å². The fourth-order valence-corrected chi connectivity index (χ4v) is 4.76. The first-order valence-electron chi connectivity index (χ1n) is 10.2. The van der Waals surface area contributed by atoms with Crippen molar-refractivity contribution in [2.45, 2.75) is 6.54 Å². The van der Waals surface area contributed by atoms with Crippen LogP contribution in [0.3, 0.4) is 0 Å². The molecule has 0 atom stereocenters. The fourth-order valence-electron chi connectivity index (χ4n) is 3.30. The second kappa shape index (κ2) is 10.5. The first kappa shape index (κ1) is 22.8. The summed E-state index contributed by atoms with van der Waals surface area (Å²) in [6, 6.07) is 21.8. The van der Waals surface area contributed by atoms with Crippen molar-refractivity contribution in [3.05, 3.63) is 88.7 Å². The number of rotatable bonds is 7. The zero-order chi connectivity index (χ0) is 23.2. The molecule has 0 unspecified atom stereocenters. The summed E-state index contributed by atoms with van der Waals surface area (Å²) < 4.78 is 13.6. The van der Waals surface area contributed by atoms with Crippen LogP contribution in [0.5, 0.6) is 11.5 Å². The van der Waals surface area contributed by atoms with Crippen LogP contribution < -0.4 is 9.54 Å². The molecule has 3 aromatic carbocycles. The third-order valence-electron chi connectivity index (χ3n) is 4.91. The number of nitrogens with zero attached hydrogens (tertiary/aromatic N) is 2. The predicted octanol–water partition coefficient (Wildman–Crippen LogP) is 5.39. The minimum atomic E-state index is -0.400. The fraction of sp³-hybridized carbons (Fsp3) is 0.160. The van der Waals surface area contributed by atoms with Gasteiger partial charge >= 0.3 is 5.97 Å². The Balaban J connectivity index is 1.76. The standard InChI is InChI=1S/C25H22N2O4S2/c1-30-24(29)17-12-13-20-22(16-17)33-25(27(20)14-15-32-2)26-23(28)19-10-6-7-11-21(19)31-18-8-4-3-5-9-18/h3-13,16H,14-15H2,1-2H3. The number of thioether (sulfide) groups is 1. The molecular weight excluding hydrogens is 456 g/mol. The molecule has 0 fully saturated rings. The normalized spacial score (nSPS) is 11.5. The topological polar surface area (TPSA) is 69.9 Å². The van der Waals surface area contributed by atoms with Crippen LogP contribution in [0.2, 0.25) is 0 Å². The van der Waals surface area contributed by atoms with Gasteiger partial charge in [-0.1, -0.05) is 41.7 Å². The molecule has 0 aliphatic rings. The van der Waals surface area contributed by atoms with Gasteiger partial charge in [0.05, 0.1) is 28.5 Å². The molecule has 33 heavy (non-hydrogen) atoms. The van der Waals surface area contributed by atoms with E-state index in [0.717, 1.165) is 16.0 Å². The zero-order valence-corrected chi connectivity index (χ0v) is 19.8. The summed E-state index contributed by atoms with van der Waals surface area (Å²) in [7, 11) is 1.36. The van der Waals surface area contributed by atoms with Crippen molar-refractivity contribution in [1.82, 2.24) is 4.57 Å². The van der Waals surface area contributed by atoms with Gasteiger partial charge in [-0.25, -0.2) is 4.79 Å². The highest BCUT2D eigenvalue weighted by molar-refractivity contribution is 7.98. The smallest absolute Gasteiger partial charge is 0.337 e. The molecule has 0 N–H and O–H groups in total. The van der Waals surface area contributed by atoms with Gasteiger partial charge in [-0.2, -0.15) is 16.8 Å². The lowest BCUT2D eigenvalue weighted by atomic mass is 10.2. The van der Waals surface area contributed by atoms with Crippen LogP contribution in [0.25, 0.3) is 10.2 Å².